The lowest BCUT2D eigenvalue weighted by atomic mass is 9.99. The van der Waals surface area contributed by atoms with Crippen LogP contribution in [0.4, 0.5) is 0 Å². The highest BCUT2D eigenvalue weighted by molar-refractivity contribution is 9.10. The van der Waals surface area contributed by atoms with Gasteiger partial charge in [-0.2, -0.15) is 0 Å². The molecule has 1 fully saturated rings. The molecule has 2 N–H and O–H groups in total. The van der Waals surface area contributed by atoms with E-state index in [-0.39, 0.29) is 18.0 Å². The predicted octanol–water partition coefficient (Wildman–Crippen LogP) is 3.55. The van der Waals surface area contributed by atoms with Gasteiger partial charge in [-0.25, -0.2) is 8.42 Å². The van der Waals surface area contributed by atoms with Crippen LogP contribution in [0.1, 0.15) is 18.4 Å². The number of carbonyl (C=O) groups is 1. The third kappa shape index (κ3) is 3.42. The lowest BCUT2D eigenvalue weighted by Crippen LogP contribution is -2.33. The van der Waals surface area contributed by atoms with Crippen LogP contribution in [0.15, 0.2) is 57.9 Å². The molecule has 2 aromatic rings. The Morgan fingerprint density at radius 2 is 1.78 bits per heavy atom. The summed E-state index contributed by atoms with van der Waals surface area (Å²) in [6.45, 7) is 1.72. The average Bonchev–Trinajstić information content (AvgIpc) is 3.34. The topological polar surface area (TPSA) is 86.5 Å². The van der Waals surface area contributed by atoms with Crippen LogP contribution in [-0.4, -0.2) is 32.8 Å². The normalized spacial score (nSPS) is 24.4. The second-order valence-corrected chi connectivity index (χ2v) is 9.84. The van der Waals surface area contributed by atoms with Gasteiger partial charge in [-0.05, 0) is 48.9 Å². The number of hydrogen-bond donors (Lipinski definition) is 1. The smallest absolute Gasteiger partial charge is 0.315 e. The highest BCUT2D eigenvalue weighted by atomic mass is 79.9. The molecule has 0 aromatic heterocycles. The molecule has 0 spiro atoms. The Hall–Kier alpha value is -1.41. The molecule has 0 radical (unpaired) electrons. The van der Waals surface area contributed by atoms with Gasteiger partial charge in [0.25, 0.3) is 0 Å². The molecular formula is C19H19BrClNO4S. The zero-order chi connectivity index (χ0) is 19.8. The number of benzene rings is 2. The number of esters is 1. The van der Waals surface area contributed by atoms with E-state index in [0.717, 1.165) is 10.0 Å². The van der Waals surface area contributed by atoms with Crippen molar-refractivity contribution in [3.8, 4) is 0 Å². The Kier molecular flexibility index (Phi) is 5.68. The number of sulfone groups is 1. The molecule has 0 bridgehead atoms. The Labute approximate surface area is 171 Å². The second kappa shape index (κ2) is 7.54. The molecule has 1 aliphatic carbocycles. The van der Waals surface area contributed by atoms with Crippen molar-refractivity contribution < 1.29 is 17.9 Å². The standard InChI is InChI=1S/C19H19BrClNO4S/c1-2-26-18(23)19(11-22)16(12-3-5-13(20)6-4-12)17(19)27(24,25)15-9-7-14(21)8-10-15/h3-10,16-17H,2,11,22H2,1H3/t16-,17+,19-/m1/s1. The van der Waals surface area contributed by atoms with Crippen molar-refractivity contribution in [1.82, 2.24) is 0 Å². The molecule has 0 amide bonds. The van der Waals surface area contributed by atoms with Gasteiger partial charge in [0, 0.05) is 22.0 Å². The molecule has 0 unspecified atom stereocenters. The summed E-state index contributed by atoms with van der Waals surface area (Å²) >= 11 is 9.24. The monoisotopic (exact) mass is 471 g/mol. The Bertz CT molecular complexity index is 947. The molecule has 1 aliphatic rings. The van der Waals surface area contributed by atoms with Crippen LogP contribution in [-0.2, 0) is 19.4 Å². The molecule has 1 saturated carbocycles. The highest BCUT2D eigenvalue weighted by Crippen LogP contribution is 2.64. The lowest BCUT2D eigenvalue weighted by Gasteiger charge is -2.14. The Morgan fingerprint density at radius 1 is 1.19 bits per heavy atom. The van der Waals surface area contributed by atoms with E-state index in [1.54, 1.807) is 19.1 Å². The minimum absolute atomic E-state index is 0.110. The average molecular weight is 473 g/mol. The Balaban J connectivity index is 2.10. The van der Waals surface area contributed by atoms with Gasteiger partial charge in [0.05, 0.1) is 16.8 Å². The maximum absolute atomic E-state index is 13.3. The summed E-state index contributed by atoms with van der Waals surface area (Å²) in [4.78, 5) is 12.9. The van der Waals surface area contributed by atoms with Crippen LogP contribution in [0, 0.1) is 5.41 Å². The first-order valence-electron chi connectivity index (χ1n) is 8.41. The maximum atomic E-state index is 13.3. The minimum Gasteiger partial charge on any atom is -0.465 e. The van der Waals surface area contributed by atoms with Gasteiger partial charge in [0.2, 0.25) is 0 Å². The summed E-state index contributed by atoms with van der Waals surface area (Å²) in [7, 11) is -3.82. The van der Waals surface area contributed by atoms with Gasteiger partial charge in [0.1, 0.15) is 5.41 Å². The number of carbonyl (C=O) groups excluding carboxylic acids is 1. The van der Waals surface area contributed by atoms with Crippen LogP contribution < -0.4 is 5.73 Å². The predicted molar refractivity (Wildman–Crippen MR) is 107 cm³/mol. The van der Waals surface area contributed by atoms with Crippen LogP contribution in [0.3, 0.4) is 0 Å². The third-order valence-corrected chi connectivity index (χ3v) is 8.03. The summed E-state index contributed by atoms with van der Waals surface area (Å²) in [6.07, 6.45) is 0. The van der Waals surface area contributed by atoms with Gasteiger partial charge in [0.15, 0.2) is 9.84 Å². The van der Waals surface area contributed by atoms with E-state index in [1.807, 2.05) is 12.1 Å². The van der Waals surface area contributed by atoms with Crippen LogP contribution in [0.25, 0.3) is 0 Å². The summed E-state index contributed by atoms with van der Waals surface area (Å²) in [5.74, 6) is -1.15. The van der Waals surface area contributed by atoms with E-state index in [0.29, 0.717) is 5.02 Å². The van der Waals surface area contributed by atoms with Crippen molar-refractivity contribution in [2.75, 3.05) is 13.2 Å². The van der Waals surface area contributed by atoms with Crippen molar-refractivity contribution in [3.05, 3.63) is 63.6 Å². The molecule has 3 rings (SSSR count). The van der Waals surface area contributed by atoms with Gasteiger partial charge in [-0.3, -0.25) is 4.79 Å². The van der Waals surface area contributed by atoms with Gasteiger partial charge in [-0.1, -0.05) is 39.7 Å². The molecule has 0 aliphatic heterocycles. The lowest BCUT2D eigenvalue weighted by molar-refractivity contribution is -0.149. The fraction of sp³-hybridized carbons (Fsp3) is 0.316. The largest absolute Gasteiger partial charge is 0.465 e. The summed E-state index contributed by atoms with van der Waals surface area (Å²) in [6, 6.07) is 13.1. The first-order chi connectivity index (χ1) is 12.8. The summed E-state index contributed by atoms with van der Waals surface area (Å²) in [5.41, 5.74) is 5.38. The van der Waals surface area contributed by atoms with E-state index in [4.69, 9.17) is 22.1 Å². The number of nitrogens with two attached hydrogens (primary N) is 1. The zero-order valence-electron chi connectivity index (χ0n) is 14.6. The molecule has 5 nitrogen and oxygen atoms in total. The van der Waals surface area contributed by atoms with Crippen molar-refractivity contribution in [2.24, 2.45) is 11.1 Å². The van der Waals surface area contributed by atoms with Crippen LogP contribution in [0.2, 0.25) is 5.02 Å². The Morgan fingerprint density at radius 3 is 2.30 bits per heavy atom. The molecule has 0 saturated heterocycles. The maximum Gasteiger partial charge on any atom is 0.315 e. The van der Waals surface area contributed by atoms with Crippen molar-refractivity contribution in [2.45, 2.75) is 23.0 Å². The van der Waals surface area contributed by atoms with E-state index < -0.39 is 32.4 Å². The van der Waals surface area contributed by atoms with E-state index >= 15 is 0 Å². The van der Waals surface area contributed by atoms with Gasteiger partial charge < -0.3 is 10.5 Å². The summed E-state index contributed by atoms with van der Waals surface area (Å²) in [5, 5.41) is -0.555. The number of halogens is 2. The minimum atomic E-state index is -3.82. The molecule has 3 atom stereocenters. The van der Waals surface area contributed by atoms with Crippen LogP contribution in [0.5, 0.6) is 0 Å². The first kappa shape index (κ1) is 20.3. The number of rotatable bonds is 6. The SMILES string of the molecule is CCOC(=O)[C@]1(CN)[C@H](c2ccc(Br)cc2)[C@@H]1S(=O)(=O)c1ccc(Cl)cc1. The fourth-order valence-electron chi connectivity index (χ4n) is 3.61. The number of ether oxygens (including phenoxy) is 1. The second-order valence-electron chi connectivity index (χ2n) is 6.41. The first-order valence-corrected chi connectivity index (χ1v) is 11.1. The highest BCUT2D eigenvalue weighted by Gasteiger charge is 2.75. The fourth-order valence-corrected chi connectivity index (χ4v) is 6.38. The van der Waals surface area contributed by atoms with Crippen molar-refractivity contribution in [3.63, 3.8) is 0 Å². The number of hydrogen-bond acceptors (Lipinski definition) is 5. The molecule has 8 heteroatoms. The van der Waals surface area contributed by atoms with E-state index in [9.17, 15) is 13.2 Å². The molecule has 2 aromatic carbocycles. The molecule has 144 valence electrons. The van der Waals surface area contributed by atoms with Gasteiger partial charge >= 0.3 is 5.97 Å². The van der Waals surface area contributed by atoms with E-state index in [2.05, 4.69) is 15.9 Å². The van der Waals surface area contributed by atoms with Crippen molar-refractivity contribution >= 4 is 43.3 Å². The van der Waals surface area contributed by atoms with Crippen LogP contribution >= 0.6 is 27.5 Å². The molecule has 27 heavy (non-hydrogen) atoms. The van der Waals surface area contributed by atoms with Gasteiger partial charge in [-0.15, -0.1) is 0 Å². The summed E-state index contributed by atoms with van der Waals surface area (Å²) < 4.78 is 32.7. The molecule has 0 heterocycles. The molecular weight excluding hydrogens is 454 g/mol. The van der Waals surface area contributed by atoms with Crippen molar-refractivity contribution in [1.29, 1.82) is 0 Å². The third-order valence-electron chi connectivity index (χ3n) is 4.96. The zero-order valence-corrected chi connectivity index (χ0v) is 17.7. The van der Waals surface area contributed by atoms with E-state index in [1.165, 1.54) is 24.3 Å². The quantitative estimate of drug-likeness (QED) is 0.650.